The highest BCUT2D eigenvalue weighted by molar-refractivity contribution is 8.08. The summed E-state index contributed by atoms with van der Waals surface area (Å²) in [6, 6.07) is 24.7. The lowest BCUT2D eigenvalue weighted by atomic mass is 10.2. The molecule has 1 aliphatic rings. The highest BCUT2D eigenvalue weighted by Crippen LogP contribution is 2.45. The molecule has 0 saturated carbocycles. The van der Waals surface area contributed by atoms with E-state index >= 15 is 0 Å². The molecule has 5 nitrogen and oxygen atoms in total. The molecule has 3 heterocycles. The third kappa shape index (κ3) is 4.07. The van der Waals surface area contributed by atoms with Gasteiger partial charge in [0.25, 0.3) is 0 Å². The van der Waals surface area contributed by atoms with E-state index in [-0.39, 0.29) is 0 Å². The first-order chi connectivity index (χ1) is 16.6. The number of rotatable bonds is 4. The number of hydrogen-bond acceptors (Lipinski definition) is 5. The predicted molar refractivity (Wildman–Crippen MR) is 138 cm³/mol. The van der Waals surface area contributed by atoms with Gasteiger partial charge in [-0.15, -0.1) is 11.3 Å². The fourth-order valence-corrected chi connectivity index (χ4v) is 6.63. The van der Waals surface area contributed by atoms with E-state index in [9.17, 15) is 5.26 Å². The third-order valence-electron chi connectivity index (χ3n) is 5.87. The lowest BCUT2D eigenvalue weighted by Gasteiger charge is -2.12. The van der Waals surface area contributed by atoms with Crippen molar-refractivity contribution in [2.45, 2.75) is 24.9 Å². The van der Waals surface area contributed by atoms with E-state index in [2.05, 4.69) is 81.8 Å². The molecule has 34 heavy (non-hydrogen) atoms. The number of thiazole rings is 1. The third-order valence-corrected chi connectivity index (χ3v) is 8.36. The van der Waals surface area contributed by atoms with Crippen molar-refractivity contribution in [2.24, 2.45) is 0 Å². The van der Waals surface area contributed by atoms with Crippen LogP contribution in [0, 0.1) is 16.7 Å². The van der Waals surface area contributed by atoms with Crippen LogP contribution >= 0.6 is 23.1 Å². The summed E-state index contributed by atoms with van der Waals surface area (Å²) in [5.74, 6) is 0. The maximum absolute atomic E-state index is 9.27. The Kier molecular flexibility index (Phi) is 6.10. The van der Waals surface area contributed by atoms with E-state index < -0.39 is 0 Å². The molecule has 0 aliphatic carbocycles. The van der Waals surface area contributed by atoms with Gasteiger partial charge in [0, 0.05) is 42.3 Å². The lowest BCUT2D eigenvalue weighted by molar-refractivity contribution is -0.690. The smallest absolute Gasteiger partial charge is 0.208 e. The number of nitrogens with zero attached hydrogens (tertiary/aromatic N) is 4. The largest absolute Gasteiger partial charge is 0.337 e. The van der Waals surface area contributed by atoms with Gasteiger partial charge in [0.2, 0.25) is 5.69 Å². The molecule has 0 amide bonds. The van der Waals surface area contributed by atoms with Crippen molar-refractivity contribution in [1.29, 1.82) is 10.7 Å². The second-order valence-corrected chi connectivity index (χ2v) is 10.1. The van der Waals surface area contributed by atoms with Gasteiger partial charge in [-0.25, -0.2) is 0 Å². The van der Waals surface area contributed by atoms with Gasteiger partial charge in [0.15, 0.2) is 12.7 Å². The molecule has 2 aromatic heterocycles. The minimum absolute atomic E-state index is 0.520. The van der Waals surface area contributed by atoms with E-state index in [4.69, 9.17) is 5.41 Å². The van der Waals surface area contributed by atoms with Crippen LogP contribution in [-0.2, 0) is 13.1 Å². The number of pyridine rings is 1. The molecular weight excluding hydrogens is 458 g/mol. The number of aromatic nitrogens is 2. The summed E-state index contributed by atoms with van der Waals surface area (Å²) in [6.07, 6.45) is 4.28. The number of thioether (sulfide) groups is 1. The van der Waals surface area contributed by atoms with E-state index in [1.54, 1.807) is 23.1 Å². The van der Waals surface area contributed by atoms with Crippen LogP contribution in [0.15, 0.2) is 77.8 Å². The molecule has 0 atom stereocenters. The number of fused-ring (bicyclic) bond motifs is 1. The van der Waals surface area contributed by atoms with Crippen LogP contribution in [0.3, 0.4) is 0 Å². The number of nitrogens with one attached hydrogen (secondary N) is 1. The molecule has 168 valence electrons. The van der Waals surface area contributed by atoms with Crippen LogP contribution in [-0.4, -0.2) is 11.6 Å². The second kappa shape index (κ2) is 9.34. The van der Waals surface area contributed by atoms with Gasteiger partial charge >= 0.3 is 0 Å². The Morgan fingerprint density at radius 2 is 1.88 bits per heavy atom. The SMILES string of the molecule is CCn1c(=N)/c(=C2\Sc3cc(C#N)ccc3N2C)s/c1=C\c1cccc[n+]1Cc1ccccc1. The quantitative estimate of drug-likeness (QED) is 0.454. The Morgan fingerprint density at radius 1 is 1.09 bits per heavy atom. The van der Waals surface area contributed by atoms with Crippen LogP contribution in [0.1, 0.15) is 23.7 Å². The summed E-state index contributed by atoms with van der Waals surface area (Å²) in [6.45, 7) is 3.59. The van der Waals surface area contributed by atoms with Gasteiger partial charge < -0.3 is 9.47 Å². The van der Waals surface area contributed by atoms with Crippen LogP contribution in [0.2, 0.25) is 0 Å². The van der Waals surface area contributed by atoms with Crippen molar-refractivity contribution < 1.29 is 4.57 Å². The maximum Gasteiger partial charge on any atom is 0.208 e. The number of anilines is 1. The number of benzene rings is 2. The molecule has 1 aliphatic heterocycles. The molecule has 0 spiro atoms. The van der Waals surface area contributed by atoms with Gasteiger partial charge in [-0.3, -0.25) is 5.41 Å². The zero-order valence-electron chi connectivity index (χ0n) is 19.0. The summed E-state index contributed by atoms with van der Waals surface area (Å²) >= 11 is 3.28. The van der Waals surface area contributed by atoms with Crippen LogP contribution in [0.4, 0.5) is 5.69 Å². The standard InChI is InChI=1S/C27H24N5S2/c1-3-32-24(16-21-11-7-8-14-31(21)18-19-9-5-4-6-10-19)34-25(26(32)29)27-30(2)22-13-12-20(17-28)15-23(22)33-27/h4-16,29H,3,18H2,1-2H3/q+1/b27-25+,29-26?. The zero-order chi connectivity index (χ0) is 23.7. The first kappa shape index (κ1) is 22.2. The molecular formula is C27H24N5S2+. The molecule has 7 heteroatoms. The number of hydrogen-bond donors (Lipinski definition) is 1. The normalized spacial score (nSPS) is 14.9. The minimum Gasteiger partial charge on any atom is -0.337 e. The van der Waals surface area contributed by atoms with Crippen LogP contribution < -0.4 is 24.1 Å². The van der Waals surface area contributed by atoms with Gasteiger partial charge in [0.05, 0.1) is 17.3 Å². The first-order valence-corrected chi connectivity index (χ1v) is 12.7. The van der Waals surface area contributed by atoms with Crippen molar-refractivity contribution in [2.75, 3.05) is 11.9 Å². The fraction of sp³-hybridized carbons (Fsp3) is 0.148. The lowest BCUT2D eigenvalue weighted by Crippen LogP contribution is -2.38. The van der Waals surface area contributed by atoms with Gasteiger partial charge in [0.1, 0.15) is 19.7 Å². The topological polar surface area (TPSA) is 59.7 Å². The molecule has 2 aromatic carbocycles. The average molecular weight is 483 g/mol. The van der Waals surface area contributed by atoms with E-state index in [0.717, 1.165) is 43.6 Å². The van der Waals surface area contributed by atoms with Crippen molar-refractivity contribution >= 4 is 39.9 Å². The Balaban J connectivity index is 1.63. The van der Waals surface area contributed by atoms with E-state index in [0.29, 0.717) is 11.1 Å². The molecule has 0 bridgehead atoms. The molecule has 0 saturated heterocycles. The van der Waals surface area contributed by atoms with Crippen molar-refractivity contribution in [3.63, 3.8) is 0 Å². The fourth-order valence-electron chi connectivity index (χ4n) is 4.10. The van der Waals surface area contributed by atoms with Crippen LogP contribution in [0.25, 0.3) is 11.1 Å². The molecule has 0 radical (unpaired) electrons. The molecule has 4 aromatic rings. The van der Waals surface area contributed by atoms with Crippen molar-refractivity contribution in [1.82, 2.24) is 4.57 Å². The molecule has 0 fully saturated rings. The molecule has 0 unspecified atom stereocenters. The Hall–Kier alpha value is -3.60. The summed E-state index contributed by atoms with van der Waals surface area (Å²) in [5.41, 5.74) is 4.60. The highest BCUT2D eigenvalue weighted by atomic mass is 32.2. The Labute approximate surface area is 206 Å². The minimum atomic E-state index is 0.520. The maximum atomic E-state index is 9.27. The predicted octanol–water partition coefficient (Wildman–Crippen LogP) is 3.39. The second-order valence-electron chi connectivity index (χ2n) is 8.01. The number of nitriles is 1. The highest BCUT2D eigenvalue weighted by Gasteiger charge is 2.24. The van der Waals surface area contributed by atoms with Crippen molar-refractivity contribution in [3.05, 3.63) is 104 Å². The monoisotopic (exact) mass is 482 g/mol. The zero-order valence-corrected chi connectivity index (χ0v) is 20.7. The summed E-state index contributed by atoms with van der Waals surface area (Å²) in [4.78, 5) is 3.19. The summed E-state index contributed by atoms with van der Waals surface area (Å²) < 4.78 is 6.29. The average Bonchev–Trinajstić information content (AvgIpc) is 3.35. The van der Waals surface area contributed by atoms with Gasteiger partial charge in [-0.1, -0.05) is 42.1 Å². The molecule has 1 N–H and O–H groups in total. The van der Waals surface area contributed by atoms with E-state index in [1.807, 2.05) is 31.3 Å². The van der Waals surface area contributed by atoms with Crippen LogP contribution in [0.5, 0.6) is 0 Å². The van der Waals surface area contributed by atoms with Crippen molar-refractivity contribution in [3.8, 4) is 6.07 Å². The first-order valence-electron chi connectivity index (χ1n) is 11.1. The summed E-state index contributed by atoms with van der Waals surface area (Å²) in [5, 5.41) is 19.2. The summed E-state index contributed by atoms with van der Waals surface area (Å²) in [7, 11) is 2.03. The van der Waals surface area contributed by atoms with Gasteiger partial charge in [-0.2, -0.15) is 9.83 Å². The Bertz CT molecular complexity index is 1590. The van der Waals surface area contributed by atoms with E-state index in [1.165, 1.54) is 5.56 Å². The Morgan fingerprint density at radius 3 is 2.65 bits per heavy atom. The van der Waals surface area contributed by atoms with Gasteiger partial charge in [-0.05, 0) is 31.2 Å². The molecule has 5 rings (SSSR count).